The van der Waals surface area contributed by atoms with E-state index in [1.165, 1.54) is 51.4 Å². The highest BCUT2D eigenvalue weighted by atomic mass is 14.5. The average molecular weight is 377 g/mol. The molecule has 2 atom stereocenters. The SMILES string of the molecule is CC1=C(C)[C@@]2(C)CCCCC2=C(C)/C1=C1/C(C)=C(C)[C@@]2(C)CCCCC2=C1C. The number of hydrogen-bond donors (Lipinski definition) is 0. The Hall–Kier alpha value is -1.30. The molecule has 0 heteroatoms. The number of hydrogen-bond acceptors (Lipinski definition) is 0. The Kier molecular flexibility index (Phi) is 4.72. The van der Waals surface area contributed by atoms with Gasteiger partial charge in [0.1, 0.15) is 0 Å². The van der Waals surface area contributed by atoms with E-state index in [9.17, 15) is 0 Å². The van der Waals surface area contributed by atoms with E-state index in [-0.39, 0.29) is 0 Å². The summed E-state index contributed by atoms with van der Waals surface area (Å²) in [6.07, 6.45) is 10.7. The first-order valence-corrected chi connectivity index (χ1v) is 11.7. The van der Waals surface area contributed by atoms with E-state index in [2.05, 4.69) is 55.4 Å². The van der Waals surface area contributed by atoms with Crippen molar-refractivity contribution in [1.29, 1.82) is 0 Å². The fraction of sp³-hybridized carbons (Fsp3) is 0.643. The minimum atomic E-state index is 0.304. The van der Waals surface area contributed by atoms with Gasteiger partial charge in [-0.1, -0.05) is 49.0 Å². The van der Waals surface area contributed by atoms with Crippen molar-refractivity contribution >= 4 is 0 Å². The van der Waals surface area contributed by atoms with Crippen molar-refractivity contribution in [2.45, 2.75) is 107 Å². The molecule has 0 heterocycles. The van der Waals surface area contributed by atoms with Gasteiger partial charge in [0.25, 0.3) is 0 Å². The molecule has 0 aliphatic heterocycles. The third-order valence-electron chi connectivity index (χ3n) is 9.47. The van der Waals surface area contributed by atoms with Gasteiger partial charge in [0.2, 0.25) is 0 Å². The lowest BCUT2D eigenvalue weighted by Gasteiger charge is -2.47. The molecule has 0 unspecified atom stereocenters. The number of fused-ring (bicyclic) bond motifs is 2. The average Bonchev–Trinajstić information content (AvgIpc) is 2.67. The van der Waals surface area contributed by atoms with E-state index in [1.807, 2.05) is 0 Å². The maximum Gasteiger partial charge on any atom is 0.0101 e. The molecule has 0 aromatic rings. The molecule has 0 nitrogen and oxygen atoms in total. The van der Waals surface area contributed by atoms with Crippen LogP contribution in [0.4, 0.5) is 0 Å². The van der Waals surface area contributed by atoms with E-state index in [4.69, 9.17) is 0 Å². The number of rotatable bonds is 0. The first-order chi connectivity index (χ1) is 13.1. The maximum atomic E-state index is 2.52. The number of allylic oxidation sites excluding steroid dienone is 10. The highest BCUT2D eigenvalue weighted by molar-refractivity contribution is 5.69. The Balaban J connectivity index is 2.03. The predicted molar refractivity (Wildman–Crippen MR) is 122 cm³/mol. The van der Waals surface area contributed by atoms with Crippen molar-refractivity contribution < 1.29 is 0 Å². The van der Waals surface area contributed by atoms with Crippen LogP contribution in [-0.2, 0) is 0 Å². The van der Waals surface area contributed by atoms with E-state index in [0.717, 1.165) is 0 Å². The summed E-state index contributed by atoms with van der Waals surface area (Å²) in [4.78, 5) is 0. The fourth-order valence-electron chi connectivity index (χ4n) is 7.26. The summed E-state index contributed by atoms with van der Waals surface area (Å²) in [7, 11) is 0. The second-order valence-electron chi connectivity index (χ2n) is 10.5. The Morgan fingerprint density at radius 3 is 1.21 bits per heavy atom. The van der Waals surface area contributed by atoms with Crippen LogP contribution in [0.2, 0.25) is 0 Å². The van der Waals surface area contributed by atoms with Crippen LogP contribution in [0.3, 0.4) is 0 Å². The standard InChI is InChI=1S/C28H40/c1-17-21(5)27(7)15-11-9-13-23(27)19(3)25(17)26-18(2)22(6)28(8)16-12-10-14-24(28)20(26)4/h9-16H2,1-8H3/b26-25-/t27-,28-/m1/s1. The Morgan fingerprint density at radius 2 is 0.857 bits per heavy atom. The lowest BCUT2D eigenvalue weighted by atomic mass is 9.57. The first-order valence-electron chi connectivity index (χ1n) is 11.7. The molecule has 0 N–H and O–H groups in total. The first kappa shape index (κ1) is 20.0. The zero-order chi connectivity index (χ0) is 20.4. The van der Waals surface area contributed by atoms with Crippen molar-refractivity contribution in [3.8, 4) is 0 Å². The van der Waals surface area contributed by atoms with Gasteiger partial charge >= 0.3 is 0 Å². The minimum absolute atomic E-state index is 0.304. The van der Waals surface area contributed by atoms with Crippen molar-refractivity contribution in [1.82, 2.24) is 0 Å². The molecule has 0 saturated heterocycles. The van der Waals surface area contributed by atoms with Gasteiger partial charge in [-0.25, -0.2) is 0 Å². The molecular formula is C28H40. The fourth-order valence-corrected chi connectivity index (χ4v) is 7.26. The quantitative estimate of drug-likeness (QED) is 0.396. The molecule has 4 aliphatic rings. The molecule has 0 aromatic carbocycles. The van der Waals surface area contributed by atoms with Crippen LogP contribution in [0.5, 0.6) is 0 Å². The second-order valence-corrected chi connectivity index (χ2v) is 10.5. The summed E-state index contributed by atoms with van der Waals surface area (Å²) in [5.74, 6) is 0. The van der Waals surface area contributed by atoms with Crippen molar-refractivity contribution in [3.63, 3.8) is 0 Å². The van der Waals surface area contributed by atoms with Crippen LogP contribution in [0.25, 0.3) is 0 Å². The van der Waals surface area contributed by atoms with Gasteiger partial charge in [0.05, 0.1) is 0 Å². The molecule has 2 saturated carbocycles. The molecule has 0 bridgehead atoms. The van der Waals surface area contributed by atoms with Crippen LogP contribution in [0.1, 0.15) is 107 Å². The maximum absolute atomic E-state index is 2.52. The van der Waals surface area contributed by atoms with Crippen LogP contribution in [0.15, 0.2) is 55.7 Å². The van der Waals surface area contributed by atoms with Gasteiger partial charge in [-0.2, -0.15) is 0 Å². The molecule has 4 rings (SSSR count). The van der Waals surface area contributed by atoms with Gasteiger partial charge < -0.3 is 0 Å². The van der Waals surface area contributed by atoms with Crippen LogP contribution < -0.4 is 0 Å². The van der Waals surface area contributed by atoms with Crippen molar-refractivity contribution in [3.05, 3.63) is 55.7 Å². The third kappa shape index (κ3) is 2.49. The van der Waals surface area contributed by atoms with Crippen LogP contribution in [-0.4, -0.2) is 0 Å². The largest absolute Gasteiger partial charge is 0.0598 e. The van der Waals surface area contributed by atoms with E-state index in [0.29, 0.717) is 10.8 Å². The van der Waals surface area contributed by atoms with Crippen LogP contribution in [0, 0.1) is 10.8 Å². The summed E-state index contributed by atoms with van der Waals surface area (Å²) in [5.41, 5.74) is 16.9. The third-order valence-corrected chi connectivity index (χ3v) is 9.47. The monoisotopic (exact) mass is 376 g/mol. The lowest BCUT2D eigenvalue weighted by molar-refractivity contribution is 0.348. The van der Waals surface area contributed by atoms with E-state index in [1.54, 1.807) is 55.7 Å². The highest BCUT2D eigenvalue weighted by Gasteiger charge is 2.43. The van der Waals surface area contributed by atoms with Crippen LogP contribution >= 0.6 is 0 Å². The molecule has 0 radical (unpaired) electrons. The molecule has 152 valence electrons. The summed E-state index contributed by atoms with van der Waals surface area (Å²) in [6, 6.07) is 0. The highest BCUT2D eigenvalue weighted by Crippen LogP contribution is 2.58. The smallest absolute Gasteiger partial charge is 0.0101 e. The molecule has 0 aromatic heterocycles. The molecule has 28 heavy (non-hydrogen) atoms. The van der Waals surface area contributed by atoms with Gasteiger partial charge in [-0.3, -0.25) is 0 Å². The molecule has 0 amide bonds. The Bertz CT molecular complexity index is 820. The molecule has 0 spiro atoms. The minimum Gasteiger partial charge on any atom is -0.0598 e. The zero-order valence-electron chi connectivity index (χ0n) is 19.7. The molecule has 2 fully saturated rings. The van der Waals surface area contributed by atoms with Crippen molar-refractivity contribution in [2.75, 3.05) is 0 Å². The van der Waals surface area contributed by atoms with Gasteiger partial charge in [0, 0.05) is 10.8 Å². The zero-order valence-corrected chi connectivity index (χ0v) is 19.7. The Labute approximate surface area is 173 Å². The normalized spacial score (nSPS) is 36.9. The molecular weight excluding hydrogens is 336 g/mol. The molecule has 4 aliphatic carbocycles. The van der Waals surface area contributed by atoms with E-state index >= 15 is 0 Å². The predicted octanol–water partition coefficient (Wildman–Crippen LogP) is 8.78. The lowest BCUT2D eigenvalue weighted by Crippen LogP contribution is -2.32. The summed E-state index contributed by atoms with van der Waals surface area (Å²) >= 11 is 0. The van der Waals surface area contributed by atoms with Gasteiger partial charge in [-0.05, 0) is 114 Å². The summed E-state index contributed by atoms with van der Waals surface area (Å²) < 4.78 is 0. The topological polar surface area (TPSA) is 0 Å². The second kappa shape index (κ2) is 6.61. The van der Waals surface area contributed by atoms with Crippen molar-refractivity contribution in [2.24, 2.45) is 10.8 Å². The van der Waals surface area contributed by atoms with Gasteiger partial charge in [-0.15, -0.1) is 0 Å². The Morgan fingerprint density at radius 1 is 0.500 bits per heavy atom. The summed E-state index contributed by atoms with van der Waals surface area (Å²) in [5, 5.41) is 0. The van der Waals surface area contributed by atoms with Gasteiger partial charge in [0.15, 0.2) is 0 Å². The van der Waals surface area contributed by atoms with E-state index < -0.39 is 0 Å². The summed E-state index contributed by atoms with van der Waals surface area (Å²) in [6.45, 7) is 19.6.